The van der Waals surface area contributed by atoms with Gasteiger partial charge in [-0.05, 0) is 56.0 Å². The third kappa shape index (κ3) is 3.88. The number of nitriles is 1. The first-order chi connectivity index (χ1) is 12.2. The summed E-state index contributed by atoms with van der Waals surface area (Å²) >= 11 is 0. The highest BCUT2D eigenvalue weighted by Crippen LogP contribution is 2.31. The number of nitrogens with one attached hydrogen (secondary N) is 1. The van der Waals surface area contributed by atoms with Crippen LogP contribution < -0.4 is 10.1 Å². The minimum Gasteiger partial charge on any atom is -0.487 e. The second-order valence-corrected chi connectivity index (χ2v) is 7.35. The molecule has 1 aromatic rings. The average molecular weight is 340 g/mol. The van der Waals surface area contributed by atoms with Gasteiger partial charge in [-0.2, -0.15) is 5.26 Å². The summed E-state index contributed by atoms with van der Waals surface area (Å²) in [6.45, 7) is 4.33. The molecule has 2 aliphatic heterocycles. The second-order valence-electron chi connectivity index (χ2n) is 7.35. The molecule has 0 aromatic heterocycles. The molecule has 25 heavy (non-hydrogen) atoms. The largest absolute Gasteiger partial charge is 0.487 e. The maximum absolute atomic E-state index is 12.2. The molecule has 6 nitrogen and oxygen atoms in total. The van der Waals surface area contributed by atoms with Crippen LogP contribution in [0.4, 0.5) is 4.79 Å². The third-order valence-corrected chi connectivity index (χ3v) is 5.34. The smallest absolute Gasteiger partial charge is 0.317 e. The minimum atomic E-state index is 0.0181. The van der Waals surface area contributed by atoms with Crippen LogP contribution in [0, 0.1) is 17.2 Å². The lowest BCUT2D eigenvalue weighted by Crippen LogP contribution is -2.59. The highest BCUT2D eigenvalue weighted by Gasteiger charge is 2.35. The Bertz CT molecular complexity index is 659. The number of hydrogen-bond acceptors (Lipinski definition) is 4. The Morgan fingerprint density at radius 2 is 1.96 bits per heavy atom. The van der Waals surface area contributed by atoms with E-state index >= 15 is 0 Å². The van der Waals surface area contributed by atoms with Crippen LogP contribution in [0.5, 0.6) is 5.75 Å². The molecule has 1 atom stereocenters. The van der Waals surface area contributed by atoms with Gasteiger partial charge in [0.2, 0.25) is 0 Å². The molecule has 0 spiro atoms. The molecule has 2 amide bonds. The topological polar surface area (TPSA) is 68.6 Å². The van der Waals surface area contributed by atoms with Crippen molar-refractivity contribution in [2.75, 3.05) is 32.7 Å². The van der Waals surface area contributed by atoms with Crippen LogP contribution in [0.3, 0.4) is 0 Å². The molecule has 6 heteroatoms. The Morgan fingerprint density at radius 1 is 1.20 bits per heavy atom. The molecule has 4 rings (SSSR count). The zero-order valence-electron chi connectivity index (χ0n) is 14.4. The SMILES string of the molecule is N#Cc1ccc(OC2CN(C(=O)NCC3CCN(C4CC4)C3)C2)cc1. The first kappa shape index (κ1) is 16.2. The number of rotatable bonds is 5. The molecule has 1 N–H and O–H groups in total. The molecule has 1 aromatic carbocycles. The third-order valence-electron chi connectivity index (χ3n) is 5.34. The van der Waals surface area contributed by atoms with Crippen LogP contribution in [0.2, 0.25) is 0 Å². The number of nitrogens with zero attached hydrogens (tertiary/aromatic N) is 3. The van der Waals surface area contributed by atoms with Gasteiger partial charge in [0.05, 0.1) is 24.7 Å². The molecule has 1 unspecified atom stereocenters. The predicted molar refractivity (Wildman–Crippen MR) is 93.2 cm³/mol. The van der Waals surface area contributed by atoms with Crippen molar-refractivity contribution in [1.82, 2.24) is 15.1 Å². The van der Waals surface area contributed by atoms with Crippen LogP contribution in [0.15, 0.2) is 24.3 Å². The van der Waals surface area contributed by atoms with Crippen molar-refractivity contribution >= 4 is 6.03 Å². The van der Waals surface area contributed by atoms with Crippen molar-refractivity contribution < 1.29 is 9.53 Å². The average Bonchev–Trinajstić information content (AvgIpc) is 3.34. The monoisotopic (exact) mass is 340 g/mol. The Hall–Kier alpha value is -2.26. The Morgan fingerprint density at radius 3 is 2.64 bits per heavy atom. The lowest BCUT2D eigenvalue weighted by Gasteiger charge is -2.39. The number of hydrogen-bond donors (Lipinski definition) is 1. The molecule has 1 saturated carbocycles. The van der Waals surface area contributed by atoms with E-state index in [1.807, 2.05) is 0 Å². The minimum absolute atomic E-state index is 0.0181. The summed E-state index contributed by atoms with van der Waals surface area (Å²) in [6.07, 6.45) is 3.94. The quantitative estimate of drug-likeness (QED) is 0.888. The molecule has 2 saturated heterocycles. The number of likely N-dealkylation sites (tertiary alicyclic amines) is 2. The van der Waals surface area contributed by atoms with E-state index in [9.17, 15) is 4.79 Å². The summed E-state index contributed by atoms with van der Waals surface area (Å²) in [5, 5.41) is 11.9. The first-order valence-corrected chi connectivity index (χ1v) is 9.15. The summed E-state index contributed by atoms with van der Waals surface area (Å²) in [4.78, 5) is 16.6. The van der Waals surface area contributed by atoms with Crippen LogP contribution >= 0.6 is 0 Å². The van der Waals surface area contributed by atoms with Crippen molar-refractivity contribution in [3.8, 4) is 11.8 Å². The van der Waals surface area contributed by atoms with E-state index in [1.165, 1.54) is 25.8 Å². The fraction of sp³-hybridized carbons (Fsp3) is 0.579. The molecule has 3 fully saturated rings. The van der Waals surface area contributed by atoms with Gasteiger partial charge < -0.3 is 19.9 Å². The second kappa shape index (κ2) is 6.93. The van der Waals surface area contributed by atoms with Gasteiger partial charge in [0.1, 0.15) is 11.9 Å². The first-order valence-electron chi connectivity index (χ1n) is 9.15. The lowest BCUT2D eigenvalue weighted by atomic mass is 10.1. The van der Waals surface area contributed by atoms with Gasteiger partial charge in [-0.25, -0.2) is 4.79 Å². The van der Waals surface area contributed by atoms with E-state index in [-0.39, 0.29) is 12.1 Å². The fourth-order valence-corrected chi connectivity index (χ4v) is 3.62. The lowest BCUT2D eigenvalue weighted by molar-refractivity contribution is 0.0442. The van der Waals surface area contributed by atoms with E-state index < -0.39 is 0 Å². The number of amides is 2. The van der Waals surface area contributed by atoms with Crippen molar-refractivity contribution in [1.29, 1.82) is 5.26 Å². The molecule has 0 bridgehead atoms. The van der Waals surface area contributed by atoms with Gasteiger partial charge in [0.25, 0.3) is 0 Å². The van der Waals surface area contributed by atoms with E-state index in [0.717, 1.165) is 24.9 Å². The summed E-state index contributed by atoms with van der Waals surface area (Å²) in [5.41, 5.74) is 0.620. The van der Waals surface area contributed by atoms with Crippen LogP contribution in [0.1, 0.15) is 24.8 Å². The normalized spacial score (nSPS) is 23.8. The van der Waals surface area contributed by atoms with Crippen molar-refractivity contribution in [3.63, 3.8) is 0 Å². The maximum Gasteiger partial charge on any atom is 0.317 e. The number of ether oxygens (including phenoxy) is 1. The van der Waals surface area contributed by atoms with E-state index in [0.29, 0.717) is 24.6 Å². The van der Waals surface area contributed by atoms with Gasteiger partial charge in [0, 0.05) is 19.1 Å². The maximum atomic E-state index is 12.2. The standard InChI is InChI=1S/C19H24N4O2/c20-9-14-1-5-17(6-2-14)25-18-12-23(13-18)19(24)21-10-15-7-8-22(11-15)16-3-4-16/h1-2,5-6,15-16,18H,3-4,7-8,10-13H2,(H,21,24). The molecule has 132 valence electrons. The summed E-state index contributed by atoms with van der Waals surface area (Å²) < 4.78 is 5.82. The highest BCUT2D eigenvalue weighted by molar-refractivity contribution is 5.75. The molecular formula is C19H24N4O2. The Labute approximate surface area is 148 Å². The van der Waals surface area contributed by atoms with Crippen LogP contribution in [0.25, 0.3) is 0 Å². The van der Waals surface area contributed by atoms with Gasteiger partial charge in [-0.15, -0.1) is 0 Å². The summed E-state index contributed by atoms with van der Waals surface area (Å²) in [5.74, 6) is 1.34. The van der Waals surface area contributed by atoms with Crippen molar-refractivity contribution in [2.24, 2.45) is 5.92 Å². The van der Waals surface area contributed by atoms with Crippen LogP contribution in [-0.2, 0) is 0 Å². The van der Waals surface area contributed by atoms with Crippen LogP contribution in [-0.4, -0.2) is 60.7 Å². The van der Waals surface area contributed by atoms with Crippen molar-refractivity contribution in [3.05, 3.63) is 29.8 Å². The molecule has 0 radical (unpaired) electrons. The Balaban J connectivity index is 1.15. The van der Waals surface area contributed by atoms with Gasteiger partial charge in [-0.3, -0.25) is 0 Å². The van der Waals surface area contributed by atoms with Gasteiger partial charge in [0.15, 0.2) is 0 Å². The summed E-state index contributed by atoms with van der Waals surface area (Å²) in [7, 11) is 0. The van der Waals surface area contributed by atoms with Crippen molar-refractivity contribution in [2.45, 2.75) is 31.4 Å². The number of carbonyl (C=O) groups excluding carboxylic acids is 1. The van der Waals surface area contributed by atoms with Gasteiger partial charge >= 0.3 is 6.03 Å². The zero-order valence-corrected chi connectivity index (χ0v) is 14.4. The zero-order chi connectivity index (χ0) is 17.2. The highest BCUT2D eigenvalue weighted by atomic mass is 16.5. The Kier molecular flexibility index (Phi) is 4.50. The molecule has 3 aliphatic rings. The molecule has 1 aliphatic carbocycles. The molecule has 2 heterocycles. The fourth-order valence-electron chi connectivity index (χ4n) is 3.62. The number of carbonyl (C=O) groups is 1. The van der Waals surface area contributed by atoms with E-state index in [4.69, 9.17) is 10.00 Å². The predicted octanol–water partition coefficient (Wildman–Crippen LogP) is 1.82. The van der Waals surface area contributed by atoms with E-state index in [1.54, 1.807) is 29.2 Å². The number of urea groups is 1. The molecular weight excluding hydrogens is 316 g/mol. The van der Waals surface area contributed by atoms with Gasteiger partial charge in [-0.1, -0.05) is 0 Å². The number of benzene rings is 1. The van der Waals surface area contributed by atoms with E-state index in [2.05, 4.69) is 16.3 Å². The summed E-state index contributed by atoms with van der Waals surface area (Å²) in [6, 6.07) is 10.0.